The predicted molar refractivity (Wildman–Crippen MR) is 78.8 cm³/mol. The highest BCUT2D eigenvalue weighted by Gasteiger charge is 2.10. The van der Waals surface area contributed by atoms with Crippen LogP contribution in [0.2, 0.25) is 0 Å². The number of aryl methyl sites for hydroxylation is 3. The first-order chi connectivity index (χ1) is 9.66. The minimum atomic E-state index is 0.566. The van der Waals surface area contributed by atoms with Crippen molar-refractivity contribution in [3.63, 3.8) is 0 Å². The summed E-state index contributed by atoms with van der Waals surface area (Å²) in [4.78, 5) is 13.5. The lowest BCUT2D eigenvalue weighted by Crippen LogP contribution is -2.11. The maximum atomic E-state index is 4.52. The first kappa shape index (κ1) is 14.4. The molecule has 2 rings (SSSR count). The van der Waals surface area contributed by atoms with Gasteiger partial charge in [-0.3, -0.25) is 0 Å². The van der Waals surface area contributed by atoms with E-state index in [1.54, 1.807) is 0 Å². The minimum Gasteiger partial charge on any atom is -0.370 e. The Bertz CT molecular complexity index is 575. The molecule has 0 radical (unpaired) electrons. The van der Waals surface area contributed by atoms with Gasteiger partial charge < -0.3 is 5.32 Å². The van der Waals surface area contributed by atoms with E-state index in [1.807, 2.05) is 17.7 Å². The molecule has 6 nitrogen and oxygen atoms in total. The average molecular weight is 274 g/mol. The van der Waals surface area contributed by atoms with Crippen LogP contribution in [0.15, 0.2) is 6.07 Å². The molecule has 0 atom stereocenters. The Morgan fingerprint density at radius 3 is 2.50 bits per heavy atom. The van der Waals surface area contributed by atoms with Crippen molar-refractivity contribution in [2.45, 2.75) is 47.1 Å². The number of nitrogens with one attached hydrogen (secondary N) is 1. The van der Waals surface area contributed by atoms with Gasteiger partial charge in [0.15, 0.2) is 11.6 Å². The third kappa shape index (κ3) is 3.31. The molecule has 2 heterocycles. The second-order valence-electron chi connectivity index (χ2n) is 4.65. The molecule has 2 aromatic heterocycles. The third-order valence-electron chi connectivity index (χ3n) is 2.97. The summed E-state index contributed by atoms with van der Waals surface area (Å²) in [5.74, 6) is 3.49. The summed E-state index contributed by atoms with van der Waals surface area (Å²) in [6.45, 7) is 9.59. The van der Waals surface area contributed by atoms with Crippen LogP contribution in [0, 0.1) is 6.92 Å². The molecule has 0 aliphatic carbocycles. The molecule has 0 fully saturated rings. The van der Waals surface area contributed by atoms with Crippen molar-refractivity contribution in [3.8, 4) is 0 Å². The van der Waals surface area contributed by atoms with Crippen molar-refractivity contribution in [3.05, 3.63) is 29.2 Å². The number of anilines is 1. The Kier molecular flexibility index (Phi) is 4.65. The number of hydrogen-bond acceptors (Lipinski definition) is 5. The highest BCUT2D eigenvalue weighted by atomic mass is 15.4. The molecule has 0 saturated heterocycles. The monoisotopic (exact) mass is 274 g/mol. The normalized spacial score (nSPS) is 10.8. The fraction of sp³-hybridized carbons (Fsp3) is 0.571. The van der Waals surface area contributed by atoms with Crippen LogP contribution in [-0.2, 0) is 19.4 Å². The maximum Gasteiger partial charge on any atom is 0.152 e. The van der Waals surface area contributed by atoms with Gasteiger partial charge >= 0.3 is 0 Å². The summed E-state index contributed by atoms with van der Waals surface area (Å²) in [5, 5.41) is 7.73. The van der Waals surface area contributed by atoms with Crippen LogP contribution in [0.4, 0.5) is 5.82 Å². The van der Waals surface area contributed by atoms with E-state index in [2.05, 4.69) is 46.1 Å². The molecular formula is C14H22N6. The van der Waals surface area contributed by atoms with Gasteiger partial charge in [-0.15, -0.1) is 0 Å². The van der Waals surface area contributed by atoms with Crippen LogP contribution in [0.5, 0.6) is 0 Å². The summed E-state index contributed by atoms with van der Waals surface area (Å²) in [6, 6.07) is 1.95. The molecule has 0 unspecified atom stereocenters. The Labute approximate surface area is 119 Å². The van der Waals surface area contributed by atoms with Crippen molar-refractivity contribution in [1.82, 2.24) is 24.7 Å². The molecular weight excluding hydrogens is 252 g/mol. The van der Waals surface area contributed by atoms with Gasteiger partial charge in [0, 0.05) is 31.1 Å². The van der Waals surface area contributed by atoms with E-state index in [0.29, 0.717) is 6.54 Å². The lowest BCUT2D eigenvalue weighted by Gasteiger charge is -2.08. The summed E-state index contributed by atoms with van der Waals surface area (Å²) in [6.07, 6.45) is 1.70. The molecule has 0 aliphatic rings. The third-order valence-corrected chi connectivity index (χ3v) is 2.97. The molecule has 0 aliphatic heterocycles. The molecule has 0 spiro atoms. The zero-order valence-electron chi connectivity index (χ0n) is 12.6. The van der Waals surface area contributed by atoms with E-state index in [-0.39, 0.29) is 0 Å². The van der Waals surface area contributed by atoms with Crippen LogP contribution >= 0.6 is 0 Å². The summed E-state index contributed by atoms with van der Waals surface area (Å²) >= 11 is 0. The zero-order chi connectivity index (χ0) is 14.5. The molecule has 2 aromatic rings. The molecule has 0 amide bonds. The van der Waals surface area contributed by atoms with Gasteiger partial charge in [-0.2, -0.15) is 5.10 Å². The second-order valence-corrected chi connectivity index (χ2v) is 4.65. The van der Waals surface area contributed by atoms with E-state index >= 15 is 0 Å². The van der Waals surface area contributed by atoms with Gasteiger partial charge in [-0.05, 0) is 13.8 Å². The van der Waals surface area contributed by atoms with E-state index in [9.17, 15) is 0 Å². The highest BCUT2D eigenvalue weighted by Crippen LogP contribution is 2.09. The number of rotatable bonds is 6. The van der Waals surface area contributed by atoms with E-state index in [0.717, 1.165) is 48.4 Å². The summed E-state index contributed by atoms with van der Waals surface area (Å²) < 4.78 is 1.91. The van der Waals surface area contributed by atoms with E-state index < -0.39 is 0 Å². The lowest BCUT2D eigenvalue weighted by molar-refractivity contribution is 0.612. The SMILES string of the molecule is CCNc1cc(C)nc(Cn2nc(CC)nc2CC)n1. The predicted octanol–water partition coefficient (Wildman–Crippen LogP) is 1.98. The summed E-state index contributed by atoms with van der Waals surface area (Å²) in [5.41, 5.74) is 0.958. The Morgan fingerprint density at radius 1 is 1.05 bits per heavy atom. The van der Waals surface area contributed by atoms with Gasteiger partial charge in [0.25, 0.3) is 0 Å². The van der Waals surface area contributed by atoms with Crippen molar-refractivity contribution in [1.29, 1.82) is 0 Å². The number of nitrogens with zero attached hydrogens (tertiary/aromatic N) is 5. The Morgan fingerprint density at radius 2 is 1.85 bits per heavy atom. The minimum absolute atomic E-state index is 0.566. The van der Waals surface area contributed by atoms with Gasteiger partial charge in [0.1, 0.15) is 18.2 Å². The van der Waals surface area contributed by atoms with Crippen LogP contribution in [0.25, 0.3) is 0 Å². The Hall–Kier alpha value is -1.98. The Balaban J connectivity index is 2.27. The van der Waals surface area contributed by atoms with Crippen LogP contribution in [-0.4, -0.2) is 31.3 Å². The number of hydrogen-bond donors (Lipinski definition) is 1. The number of aromatic nitrogens is 5. The molecule has 0 aromatic carbocycles. The fourth-order valence-electron chi connectivity index (χ4n) is 2.07. The quantitative estimate of drug-likeness (QED) is 0.872. The van der Waals surface area contributed by atoms with Gasteiger partial charge in [-0.25, -0.2) is 19.6 Å². The molecule has 6 heteroatoms. The first-order valence-electron chi connectivity index (χ1n) is 7.17. The maximum absolute atomic E-state index is 4.52. The van der Waals surface area contributed by atoms with Crippen molar-refractivity contribution >= 4 is 5.82 Å². The first-order valence-corrected chi connectivity index (χ1v) is 7.17. The van der Waals surface area contributed by atoms with Gasteiger partial charge in [0.05, 0.1) is 0 Å². The van der Waals surface area contributed by atoms with Gasteiger partial charge in [-0.1, -0.05) is 13.8 Å². The second kappa shape index (κ2) is 6.45. The smallest absolute Gasteiger partial charge is 0.152 e. The van der Waals surface area contributed by atoms with E-state index in [1.165, 1.54) is 0 Å². The lowest BCUT2D eigenvalue weighted by atomic mass is 10.4. The van der Waals surface area contributed by atoms with E-state index in [4.69, 9.17) is 0 Å². The van der Waals surface area contributed by atoms with Crippen molar-refractivity contribution < 1.29 is 0 Å². The molecule has 108 valence electrons. The largest absolute Gasteiger partial charge is 0.370 e. The molecule has 0 saturated carbocycles. The van der Waals surface area contributed by atoms with Crippen LogP contribution in [0.1, 0.15) is 43.9 Å². The van der Waals surface area contributed by atoms with Gasteiger partial charge in [0.2, 0.25) is 0 Å². The van der Waals surface area contributed by atoms with Crippen LogP contribution < -0.4 is 5.32 Å². The van der Waals surface area contributed by atoms with Crippen molar-refractivity contribution in [2.75, 3.05) is 11.9 Å². The van der Waals surface area contributed by atoms with Crippen molar-refractivity contribution in [2.24, 2.45) is 0 Å². The molecule has 0 bridgehead atoms. The topological polar surface area (TPSA) is 68.5 Å². The zero-order valence-corrected chi connectivity index (χ0v) is 12.6. The molecule has 20 heavy (non-hydrogen) atoms. The average Bonchev–Trinajstić information content (AvgIpc) is 2.80. The highest BCUT2D eigenvalue weighted by molar-refractivity contribution is 5.35. The summed E-state index contributed by atoms with van der Waals surface area (Å²) in [7, 11) is 0. The fourth-order valence-corrected chi connectivity index (χ4v) is 2.07. The van der Waals surface area contributed by atoms with Crippen LogP contribution in [0.3, 0.4) is 0 Å². The molecule has 1 N–H and O–H groups in total. The standard InChI is InChI=1S/C14H22N6/c1-5-11-18-14(6-2)20(19-11)9-13-16-10(4)8-12(17-13)15-7-3/h8H,5-7,9H2,1-4H3,(H,15,16,17).